The zero-order valence-electron chi connectivity index (χ0n) is 13.0. The molecule has 0 saturated heterocycles. The Balaban J connectivity index is 2.24. The van der Waals surface area contributed by atoms with E-state index in [4.69, 9.17) is 0 Å². The van der Waals surface area contributed by atoms with E-state index in [-0.39, 0.29) is 5.78 Å². The molecular weight excluding hydrogens is 304 g/mol. The van der Waals surface area contributed by atoms with E-state index in [1.807, 2.05) is 29.8 Å². The van der Waals surface area contributed by atoms with Gasteiger partial charge in [0, 0.05) is 45.5 Å². The maximum absolute atomic E-state index is 12.0. The second kappa shape index (κ2) is 5.32. The number of ketones is 1. The zero-order chi connectivity index (χ0) is 16.0. The number of carbonyl (C=O) groups is 1. The number of rotatable bonds is 3. The lowest BCUT2D eigenvalue weighted by molar-refractivity contribution is 0.101. The van der Waals surface area contributed by atoms with Crippen molar-refractivity contribution in [3.63, 3.8) is 0 Å². The number of nitrogens with zero attached hydrogens (tertiary/aromatic N) is 2. The van der Waals surface area contributed by atoms with Crippen LogP contribution in [-0.4, -0.2) is 15.3 Å². The highest BCUT2D eigenvalue weighted by molar-refractivity contribution is 7.13. The summed E-state index contributed by atoms with van der Waals surface area (Å²) < 4.78 is 2.31. The lowest BCUT2D eigenvalue weighted by Gasteiger charge is -2.08. The lowest BCUT2D eigenvalue weighted by atomic mass is 10.0. The number of hydrogen-bond donors (Lipinski definition) is 0. The molecule has 0 N–H and O–H groups in total. The number of aryl methyl sites for hydroxylation is 1. The molecule has 2 aromatic carbocycles. The SMILES string of the molecule is CCn1c2ccccc2c2cc(C(C)=O)cc(-c3nccs3)c21. The molecule has 4 heteroatoms. The number of carbonyl (C=O) groups excluding carboxylic acids is 1. The van der Waals surface area contributed by atoms with Crippen LogP contribution in [-0.2, 0) is 6.54 Å². The second-order valence-corrected chi connectivity index (χ2v) is 6.47. The predicted molar refractivity (Wildman–Crippen MR) is 96.2 cm³/mol. The van der Waals surface area contributed by atoms with Crippen LogP contribution in [0.5, 0.6) is 0 Å². The van der Waals surface area contributed by atoms with Crippen molar-refractivity contribution in [2.75, 3.05) is 0 Å². The van der Waals surface area contributed by atoms with Crippen LogP contribution in [0.4, 0.5) is 0 Å². The molecule has 4 rings (SSSR count). The Hall–Kier alpha value is -2.46. The number of hydrogen-bond acceptors (Lipinski definition) is 3. The minimum atomic E-state index is 0.0815. The van der Waals surface area contributed by atoms with Gasteiger partial charge >= 0.3 is 0 Å². The Morgan fingerprint density at radius 3 is 2.74 bits per heavy atom. The van der Waals surface area contributed by atoms with Crippen molar-refractivity contribution in [2.24, 2.45) is 0 Å². The first-order valence-electron chi connectivity index (χ1n) is 7.66. The molecule has 0 spiro atoms. The van der Waals surface area contributed by atoms with Gasteiger partial charge in [0.1, 0.15) is 5.01 Å². The minimum Gasteiger partial charge on any atom is -0.340 e. The number of Topliss-reactive ketones (excluding diaryl/α,β-unsaturated/α-hetero) is 1. The summed E-state index contributed by atoms with van der Waals surface area (Å²) in [6.07, 6.45) is 1.81. The van der Waals surface area contributed by atoms with Crippen LogP contribution in [0.1, 0.15) is 24.2 Å². The fourth-order valence-corrected chi connectivity index (χ4v) is 3.89. The molecule has 0 saturated carbocycles. The summed E-state index contributed by atoms with van der Waals surface area (Å²) in [6, 6.07) is 12.4. The third-order valence-corrected chi connectivity index (χ3v) is 5.06. The average molecular weight is 320 g/mol. The van der Waals surface area contributed by atoms with Gasteiger partial charge in [-0.05, 0) is 32.0 Å². The summed E-state index contributed by atoms with van der Waals surface area (Å²) in [7, 11) is 0. The molecule has 0 unspecified atom stereocenters. The fourth-order valence-electron chi connectivity index (χ4n) is 3.24. The van der Waals surface area contributed by atoms with Gasteiger partial charge in [-0.3, -0.25) is 4.79 Å². The van der Waals surface area contributed by atoms with Crippen molar-refractivity contribution >= 4 is 38.9 Å². The van der Waals surface area contributed by atoms with Crippen molar-refractivity contribution in [3.05, 3.63) is 53.5 Å². The molecule has 0 atom stereocenters. The molecule has 0 aliphatic rings. The quantitative estimate of drug-likeness (QED) is 0.490. The summed E-state index contributed by atoms with van der Waals surface area (Å²) in [5.41, 5.74) is 4.14. The summed E-state index contributed by atoms with van der Waals surface area (Å²) in [5.74, 6) is 0.0815. The summed E-state index contributed by atoms with van der Waals surface area (Å²) >= 11 is 1.60. The highest BCUT2D eigenvalue weighted by Crippen LogP contribution is 2.37. The number of aromatic nitrogens is 2. The highest BCUT2D eigenvalue weighted by Gasteiger charge is 2.17. The van der Waals surface area contributed by atoms with Crippen LogP contribution in [0.15, 0.2) is 48.0 Å². The number of benzene rings is 2. The molecular formula is C19H16N2OS. The second-order valence-electron chi connectivity index (χ2n) is 5.57. The van der Waals surface area contributed by atoms with Gasteiger partial charge in [-0.25, -0.2) is 4.98 Å². The first-order chi connectivity index (χ1) is 11.2. The Bertz CT molecular complexity index is 1030. The van der Waals surface area contributed by atoms with Gasteiger partial charge in [-0.2, -0.15) is 0 Å². The number of thiazole rings is 1. The topological polar surface area (TPSA) is 34.9 Å². The number of fused-ring (bicyclic) bond motifs is 3. The van der Waals surface area contributed by atoms with Crippen LogP contribution < -0.4 is 0 Å². The van der Waals surface area contributed by atoms with Crippen molar-refractivity contribution in [3.8, 4) is 10.6 Å². The Labute approximate surface area is 138 Å². The van der Waals surface area contributed by atoms with Gasteiger partial charge in [0.25, 0.3) is 0 Å². The molecule has 0 fully saturated rings. The average Bonchev–Trinajstić information content (AvgIpc) is 3.20. The van der Waals surface area contributed by atoms with Gasteiger partial charge in [0.2, 0.25) is 0 Å². The van der Waals surface area contributed by atoms with Crippen LogP contribution in [0.25, 0.3) is 32.4 Å². The van der Waals surface area contributed by atoms with Gasteiger partial charge in [0.15, 0.2) is 5.78 Å². The molecule has 3 nitrogen and oxygen atoms in total. The van der Waals surface area contributed by atoms with Gasteiger partial charge in [-0.15, -0.1) is 11.3 Å². The third-order valence-electron chi connectivity index (χ3n) is 4.25. The predicted octanol–water partition coefficient (Wildman–Crippen LogP) is 5.14. The first-order valence-corrected chi connectivity index (χ1v) is 8.54. The van der Waals surface area contributed by atoms with E-state index in [1.165, 1.54) is 10.9 Å². The summed E-state index contributed by atoms with van der Waals surface area (Å²) in [4.78, 5) is 16.5. The highest BCUT2D eigenvalue weighted by atomic mass is 32.1. The Morgan fingerprint density at radius 2 is 2.04 bits per heavy atom. The van der Waals surface area contributed by atoms with E-state index in [0.717, 1.165) is 33.6 Å². The van der Waals surface area contributed by atoms with E-state index in [0.29, 0.717) is 0 Å². The largest absolute Gasteiger partial charge is 0.340 e. The minimum absolute atomic E-state index is 0.0815. The molecule has 0 amide bonds. The molecule has 4 aromatic rings. The lowest BCUT2D eigenvalue weighted by Crippen LogP contribution is -1.98. The molecule has 2 aromatic heterocycles. The molecule has 0 radical (unpaired) electrons. The van der Waals surface area contributed by atoms with Crippen molar-refractivity contribution < 1.29 is 4.79 Å². The van der Waals surface area contributed by atoms with E-state index < -0.39 is 0 Å². The maximum atomic E-state index is 12.0. The van der Waals surface area contributed by atoms with E-state index in [2.05, 4.69) is 34.7 Å². The standard InChI is InChI=1S/C19H16N2OS/c1-3-21-17-7-5-4-6-14(17)15-10-13(12(2)22)11-16(18(15)21)19-20-8-9-23-19/h4-11H,3H2,1-2H3. The summed E-state index contributed by atoms with van der Waals surface area (Å²) in [6.45, 7) is 4.64. The maximum Gasteiger partial charge on any atom is 0.159 e. The Kier molecular flexibility index (Phi) is 3.27. The van der Waals surface area contributed by atoms with E-state index >= 15 is 0 Å². The van der Waals surface area contributed by atoms with Crippen molar-refractivity contribution in [1.29, 1.82) is 0 Å². The zero-order valence-corrected chi connectivity index (χ0v) is 13.9. The van der Waals surface area contributed by atoms with E-state index in [1.54, 1.807) is 18.3 Å². The van der Waals surface area contributed by atoms with Crippen molar-refractivity contribution in [2.45, 2.75) is 20.4 Å². The molecule has 0 bridgehead atoms. The van der Waals surface area contributed by atoms with Crippen LogP contribution in [0.3, 0.4) is 0 Å². The van der Waals surface area contributed by atoms with E-state index in [9.17, 15) is 4.79 Å². The fraction of sp³-hybridized carbons (Fsp3) is 0.158. The summed E-state index contributed by atoms with van der Waals surface area (Å²) in [5, 5.41) is 5.24. The van der Waals surface area contributed by atoms with Gasteiger partial charge < -0.3 is 4.57 Å². The smallest absolute Gasteiger partial charge is 0.159 e. The monoisotopic (exact) mass is 320 g/mol. The van der Waals surface area contributed by atoms with Crippen LogP contribution in [0, 0.1) is 0 Å². The first kappa shape index (κ1) is 14.2. The molecule has 0 aliphatic heterocycles. The van der Waals surface area contributed by atoms with Crippen LogP contribution >= 0.6 is 11.3 Å². The molecule has 2 heterocycles. The molecule has 114 valence electrons. The molecule has 23 heavy (non-hydrogen) atoms. The normalized spacial score (nSPS) is 11.4. The molecule has 0 aliphatic carbocycles. The number of para-hydroxylation sites is 1. The van der Waals surface area contributed by atoms with Crippen LogP contribution in [0.2, 0.25) is 0 Å². The van der Waals surface area contributed by atoms with Gasteiger partial charge in [0.05, 0.1) is 5.52 Å². The Morgan fingerprint density at radius 1 is 1.22 bits per heavy atom. The van der Waals surface area contributed by atoms with Gasteiger partial charge in [-0.1, -0.05) is 18.2 Å². The third kappa shape index (κ3) is 2.10. The van der Waals surface area contributed by atoms with Crippen molar-refractivity contribution in [1.82, 2.24) is 9.55 Å².